The SMILES string of the molecule is N#CC1=CC(=O)Nc2c(C#N)c(-c3ccc(Cl)cc3)c(C#N)c(=O)n2N1. The molecule has 1 amide bonds. The third-order valence-corrected chi connectivity index (χ3v) is 3.86. The number of nitrogens with zero attached hydrogens (tertiary/aromatic N) is 4. The molecule has 0 unspecified atom stereocenters. The van der Waals surface area contributed by atoms with Gasteiger partial charge < -0.3 is 5.32 Å². The Labute approximate surface area is 151 Å². The number of nitrogens with one attached hydrogen (secondary N) is 2. The van der Waals surface area contributed by atoms with Crippen LogP contribution in [0.2, 0.25) is 5.02 Å². The molecule has 2 N–H and O–H groups in total. The highest BCUT2D eigenvalue weighted by Crippen LogP contribution is 2.31. The second-order valence-electron chi connectivity index (χ2n) is 5.12. The van der Waals surface area contributed by atoms with E-state index in [0.29, 0.717) is 10.6 Å². The van der Waals surface area contributed by atoms with Gasteiger partial charge in [0.15, 0.2) is 5.82 Å². The van der Waals surface area contributed by atoms with Crippen molar-refractivity contribution in [2.45, 2.75) is 0 Å². The van der Waals surface area contributed by atoms with Crippen LogP contribution in [0.4, 0.5) is 5.82 Å². The van der Waals surface area contributed by atoms with Gasteiger partial charge in [0.05, 0.1) is 0 Å². The summed E-state index contributed by atoms with van der Waals surface area (Å²) in [4.78, 5) is 24.7. The van der Waals surface area contributed by atoms with E-state index in [1.807, 2.05) is 6.07 Å². The number of aromatic nitrogens is 1. The van der Waals surface area contributed by atoms with Gasteiger partial charge in [-0.05, 0) is 17.7 Å². The Morgan fingerprint density at radius 2 is 1.62 bits per heavy atom. The molecule has 9 heteroatoms. The summed E-state index contributed by atoms with van der Waals surface area (Å²) in [5.41, 5.74) is 1.49. The number of nitriles is 3. The predicted molar refractivity (Wildman–Crippen MR) is 92.3 cm³/mol. The van der Waals surface area contributed by atoms with Crippen LogP contribution in [0.1, 0.15) is 11.1 Å². The summed E-state index contributed by atoms with van der Waals surface area (Å²) in [5, 5.41) is 31.0. The first-order chi connectivity index (χ1) is 12.5. The number of halogens is 1. The fourth-order valence-corrected chi connectivity index (χ4v) is 2.64. The largest absolute Gasteiger partial charge is 0.306 e. The van der Waals surface area contributed by atoms with E-state index in [-0.39, 0.29) is 28.2 Å². The zero-order valence-electron chi connectivity index (χ0n) is 12.9. The Kier molecular flexibility index (Phi) is 4.16. The lowest BCUT2D eigenvalue weighted by Gasteiger charge is -2.17. The Hall–Kier alpha value is -4.06. The van der Waals surface area contributed by atoms with Gasteiger partial charge in [-0.3, -0.25) is 15.0 Å². The molecule has 0 radical (unpaired) electrons. The molecule has 2 aromatic rings. The number of benzene rings is 1. The minimum atomic E-state index is -0.810. The lowest BCUT2D eigenvalue weighted by Crippen LogP contribution is -2.33. The summed E-state index contributed by atoms with van der Waals surface area (Å²) >= 11 is 5.87. The fraction of sp³-hybridized carbons (Fsp3) is 0. The van der Waals surface area contributed by atoms with Gasteiger partial charge in [-0.25, -0.2) is 0 Å². The van der Waals surface area contributed by atoms with Crippen LogP contribution in [-0.2, 0) is 4.79 Å². The van der Waals surface area contributed by atoms with Gasteiger partial charge in [-0.15, -0.1) is 0 Å². The zero-order valence-corrected chi connectivity index (χ0v) is 13.6. The maximum Gasteiger partial charge on any atom is 0.289 e. The maximum atomic E-state index is 12.7. The number of fused-ring (bicyclic) bond motifs is 1. The molecule has 0 fully saturated rings. The van der Waals surface area contributed by atoms with Crippen LogP contribution in [0, 0.1) is 34.0 Å². The van der Waals surface area contributed by atoms with Crippen LogP contribution in [0.5, 0.6) is 0 Å². The highest BCUT2D eigenvalue weighted by atomic mass is 35.5. The Balaban J connectivity index is 2.42. The van der Waals surface area contributed by atoms with Crippen LogP contribution >= 0.6 is 11.6 Å². The molecule has 1 aromatic heterocycles. The molecule has 0 saturated carbocycles. The van der Waals surface area contributed by atoms with E-state index >= 15 is 0 Å². The summed E-state index contributed by atoms with van der Waals surface area (Å²) in [6.07, 6.45) is 0.946. The summed E-state index contributed by atoms with van der Waals surface area (Å²) in [7, 11) is 0. The van der Waals surface area contributed by atoms with Crippen molar-refractivity contribution in [3.05, 3.63) is 62.5 Å². The second kappa shape index (κ2) is 6.45. The first-order valence-corrected chi connectivity index (χ1v) is 7.47. The van der Waals surface area contributed by atoms with Crippen molar-refractivity contribution in [2.75, 3.05) is 10.7 Å². The molecule has 1 aliphatic rings. The van der Waals surface area contributed by atoms with E-state index in [1.54, 1.807) is 36.4 Å². The van der Waals surface area contributed by atoms with Crippen molar-refractivity contribution in [1.29, 1.82) is 15.8 Å². The number of carbonyl (C=O) groups excluding carboxylic acids is 1. The second-order valence-corrected chi connectivity index (χ2v) is 5.55. The number of rotatable bonds is 1. The lowest BCUT2D eigenvalue weighted by molar-refractivity contribution is -0.111. The Morgan fingerprint density at radius 1 is 0.962 bits per heavy atom. The van der Waals surface area contributed by atoms with Gasteiger partial charge in [-0.1, -0.05) is 23.7 Å². The molecule has 0 spiro atoms. The molecule has 0 aliphatic carbocycles. The van der Waals surface area contributed by atoms with Crippen LogP contribution in [0.3, 0.4) is 0 Å². The van der Waals surface area contributed by atoms with E-state index in [1.165, 1.54) is 0 Å². The number of carbonyl (C=O) groups is 1. The highest BCUT2D eigenvalue weighted by molar-refractivity contribution is 6.30. The van der Waals surface area contributed by atoms with E-state index in [4.69, 9.17) is 16.9 Å². The molecule has 8 nitrogen and oxygen atoms in total. The molecule has 3 rings (SSSR count). The molecule has 0 atom stereocenters. The van der Waals surface area contributed by atoms with E-state index in [2.05, 4.69) is 10.7 Å². The topological polar surface area (TPSA) is 134 Å². The number of hydrogen-bond donors (Lipinski definition) is 2. The normalized spacial score (nSPS) is 12.2. The predicted octanol–water partition coefficient (Wildman–Crippen LogP) is 1.82. The molecular weight excluding hydrogens is 356 g/mol. The molecule has 124 valence electrons. The van der Waals surface area contributed by atoms with E-state index in [0.717, 1.165) is 10.8 Å². The van der Waals surface area contributed by atoms with Crippen molar-refractivity contribution < 1.29 is 4.79 Å². The van der Waals surface area contributed by atoms with Gasteiger partial charge in [-0.2, -0.15) is 20.5 Å². The van der Waals surface area contributed by atoms with Gasteiger partial charge in [0.1, 0.15) is 35.0 Å². The number of amides is 1. The van der Waals surface area contributed by atoms with Crippen molar-refractivity contribution >= 4 is 23.3 Å². The van der Waals surface area contributed by atoms with Crippen LogP contribution in [-0.4, -0.2) is 10.6 Å². The van der Waals surface area contributed by atoms with Gasteiger partial charge in [0.2, 0.25) is 0 Å². The van der Waals surface area contributed by atoms with Gasteiger partial charge >= 0.3 is 0 Å². The number of hydrogen-bond acceptors (Lipinski definition) is 6. The van der Waals surface area contributed by atoms with E-state index in [9.17, 15) is 20.1 Å². The first-order valence-electron chi connectivity index (χ1n) is 7.09. The Bertz CT molecular complexity index is 1160. The van der Waals surface area contributed by atoms with Crippen molar-refractivity contribution in [2.24, 2.45) is 0 Å². The standard InChI is InChI=1S/C17H7ClN6O2/c18-10-3-1-9(2-4-10)15-12(7-20)16-22-14(25)5-11(6-19)23-24(16)17(26)13(15)8-21/h1-5,23H,(H,22,25). The highest BCUT2D eigenvalue weighted by Gasteiger charge is 2.26. The van der Waals surface area contributed by atoms with Gasteiger partial charge in [0.25, 0.3) is 11.5 Å². The van der Waals surface area contributed by atoms with Gasteiger partial charge in [0, 0.05) is 16.7 Å². The average Bonchev–Trinajstić information content (AvgIpc) is 2.81. The quantitative estimate of drug-likeness (QED) is 0.794. The lowest BCUT2D eigenvalue weighted by atomic mass is 9.96. The summed E-state index contributed by atoms with van der Waals surface area (Å²) < 4.78 is 0.802. The zero-order chi connectivity index (χ0) is 18.8. The van der Waals surface area contributed by atoms with E-state index < -0.39 is 11.5 Å². The maximum absolute atomic E-state index is 12.7. The summed E-state index contributed by atoms with van der Waals surface area (Å²) in [6, 6.07) is 11.6. The Morgan fingerprint density at radius 3 is 2.19 bits per heavy atom. The molecule has 2 heterocycles. The number of allylic oxidation sites excluding steroid dienone is 1. The third-order valence-electron chi connectivity index (χ3n) is 3.60. The van der Waals surface area contributed by atoms with Crippen LogP contribution < -0.4 is 16.3 Å². The van der Waals surface area contributed by atoms with Crippen molar-refractivity contribution in [3.8, 4) is 29.3 Å². The molecule has 0 bridgehead atoms. The smallest absolute Gasteiger partial charge is 0.289 e. The molecule has 0 saturated heterocycles. The molecule has 26 heavy (non-hydrogen) atoms. The summed E-state index contributed by atoms with van der Waals surface area (Å²) in [5.74, 6) is -0.851. The van der Waals surface area contributed by atoms with Crippen LogP contribution in [0.25, 0.3) is 11.1 Å². The monoisotopic (exact) mass is 362 g/mol. The molecule has 1 aromatic carbocycles. The average molecular weight is 363 g/mol. The fourth-order valence-electron chi connectivity index (χ4n) is 2.51. The van der Waals surface area contributed by atoms with Crippen molar-refractivity contribution in [3.63, 3.8) is 0 Å². The number of pyridine rings is 1. The minimum absolute atomic E-state index is 0.0745. The first kappa shape index (κ1) is 16.8. The van der Waals surface area contributed by atoms with Crippen LogP contribution in [0.15, 0.2) is 40.8 Å². The van der Waals surface area contributed by atoms with Crippen molar-refractivity contribution in [1.82, 2.24) is 4.68 Å². The third kappa shape index (κ3) is 2.65. The molecule has 1 aliphatic heterocycles. The molecular formula is C17H7ClN6O2. The minimum Gasteiger partial charge on any atom is -0.306 e. The summed E-state index contributed by atoms with van der Waals surface area (Å²) in [6.45, 7) is 0. The number of anilines is 1.